The summed E-state index contributed by atoms with van der Waals surface area (Å²) < 4.78 is 0. The van der Waals surface area contributed by atoms with Crippen molar-refractivity contribution >= 4 is 11.7 Å². The Morgan fingerprint density at radius 1 is 1.28 bits per heavy atom. The van der Waals surface area contributed by atoms with Gasteiger partial charge in [-0.15, -0.1) is 0 Å². The molecule has 4 nitrogen and oxygen atoms in total. The van der Waals surface area contributed by atoms with E-state index in [9.17, 15) is 14.7 Å². The molecule has 0 radical (unpaired) electrons. The lowest BCUT2D eigenvalue weighted by Crippen LogP contribution is -2.60. The minimum Gasteiger partial charge on any atom is -0.393 e. The van der Waals surface area contributed by atoms with Crippen LogP contribution in [0.2, 0.25) is 0 Å². The van der Waals surface area contributed by atoms with Gasteiger partial charge in [-0.1, -0.05) is 6.08 Å². The lowest BCUT2D eigenvalue weighted by Gasteiger charge is -2.55. The van der Waals surface area contributed by atoms with Crippen LogP contribution in [0.15, 0.2) is 11.6 Å². The second-order valence-electron chi connectivity index (χ2n) is 8.91. The molecule has 0 unspecified atom stereocenters. The van der Waals surface area contributed by atoms with Gasteiger partial charge in [0.05, 0.1) is 18.1 Å². The minimum absolute atomic E-state index is 0.124. The van der Waals surface area contributed by atoms with Crippen LogP contribution < -0.4 is 0 Å². The van der Waals surface area contributed by atoms with E-state index >= 15 is 0 Å². The number of Topliss-reactive ketones (excluding diaryl/α,β-unsaturated/α-hetero) is 1. The van der Waals surface area contributed by atoms with Crippen molar-refractivity contribution in [2.75, 3.05) is 0 Å². The number of nitrogens with zero attached hydrogens (tertiary/aromatic N) is 1. The molecule has 0 aromatic rings. The van der Waals surface area contributed by atoms with Crippen LogP contribution in [0.1, 0.15) is 65.2 Å². The Morgan fingerprint density at radius 3 is 2.84 bits per heavy atom. The second kappa shape index (κ2) is 6.53. The maximum absolute atomic E-state index is 13.4. The monoisotopic (exact) mass is 345 g/mol. The van der Waals surface area contributed by atoms with Crippen molar-refractivity contribution < 1.29 is 14.7 Å². The number of ketones is 1. The summed E-state index contributed by atoms with van der Waals surface area (Å²) in [4.78, 5) is 27.5. The van der Waals surface area contributed by atoms with Gasteiger partial charge >= 0.3 is 0 Å². The first-order valence-electron chi connectivity index (χ1n) is 10.2. The van der Waals surface area contributed by atoms with E-state index in [0.29, 0.717) is 18.3 Å². The summed E-state index contributed by atoms with van der Waals surface area (Å²) in [6.07, 6.45) is 9.65. The number of hydrogen-bond donors (Lipinski definition) is 1. The second-order valence-corrected chi connectivity index (χ2v) is 8.91. The third kappa shape index (κ3) is 2.87. The fourth-order valence-corrected chi connectivity index (χ4v) is 6.33. The molecule has 0 aromatic carbocycles. The molecule has 2 heterocycles. The Morgan fingerprint density at radius 2 is 2.08 bits per heavy atom. The van der Waals surface area contributed by atoms with Crippen LogP contribution in [0.4, 0.5) is 0 Å². The van der Waals surface area contributed by atoms with Crippen LogP contribution in [-0.4, -0.2) is 39.9 Å². The van der Waals surface area contributed by atoms with Crippen LogP contribution in [-0.2, 0) is 9.59 Å². The molecule has 7 atom stereocenters. The first kappa shape index (κ1) is 17.3. The van der Waals surface area contributed by atoms with Crippen molar-refractivity contribution in [1.82, 2.24) is 4.90 Å². The van der Waals surface area contributed by atoms with Crippen molar-refractivity contribution in [3.8, 4) is 0 Å². The third-order valence-electron chi connectivity index (χ3n) is 7.32. The molecule has 4 heteroatoms. The molecule has 0 bridgehead atoms. The minimum atomic E-state index is -0.187. The molecule has 0 spiro atoms. The number of allylic oxidation sites excluding steroid dienone is 1. The highest BCUT2D eigenvalue weighted by Crippen LogP contribution is 2.53. The Labute approximate surface area is 150 Å². The zero-order chi connectivity index (χ0) is 17.7. The number of carbonyl (C=O) groups excluding carboxylic acids is 2. The lowest BCUT2D eigenvalue weighted by atomic mass is 9.57. The summed E-state index contributed by atoms with van der Waals surface area (Å²) in [6.45, 7) is 3.78. The number of aliphatic hydroxyl groups excluding tert-OH is 1. The number of hydrogen-bond acceptors (Lipinski definition) is 3. The lowest BCUT2D eigenvalue weighted by molar-refractivity contribution is -0.151. The zero-order valence-electron chi connectivity index (χ0n) is 15.5. The summed E-state index contributed by atoms with van der Waals surface area (Å²) >= 11 is 0. The molecular weight excluding hydrogens is 314 g/mol. The highest BCUT2D eigenvalue weighted by molar-refractivity contribution is 5.88. The van der Waals surface area contributed by atoms with Gasteiger partial charge in [-0.3, -0.25) is 4.79 Å². The summed E-state index contributed by atoms with van der Waals surface area (Å²) in [5.41, 5.74) is 1.45. The quantitative estimate of drug-likeness (QED) is 0.783. The Hall–Kier alpha value is -1.16. The van der Waals surface area contributed by atoms with Gasteiger partial charge < -0.3 is 14.8 Å². The topological polar surface area (TPSA) is 57.6 Å². The highest BCUT2D eigenvalue weighted by Gasteiger charge is 2.53. The van der Waals surface area contributed by atoms with Gasteiger partial charge in [0.1, 0.15) is 5.78 Å². The van der Waals surface area contributed by atoms with Crippen LogP contribution >= 0.6 is 0 Å². The number of fused-ring (bicyclic) bond motifs is 5. The van der Waals surface area contributed by atoms with Crippen molar-refractivity contribution in [3.05, 3.63) is 11.6 Å². The van der Waals surface area contributed by atoms with Crippen LogP contribution in [0.25, 0.3) is 0 Å². The van der Waals surface area contributed by atoms with Crippen molar-refractivity contribution in [2.24, 2.45) is 23.7 Å². The largest absolute Gasteiger partial charge is 0.393 e. The van der Waals surface area contributed by atoms with Gasteiger partial charge in [-0.2, -0.15) is 0 Å². The number of aliphatic hydroxyl groups is 1. The number of rotatable bonds is 2. The smallest absolute Gasteiger partial charge is 0.227 e. The van der Waals surface area contributed by atoms with Gasteiger partial charge in [0.15, 0.2) is 0 Å². The highest BCUT2D eigenvalue weighted by atomic mass is 16.3. The molecule has 1 amide bonds. The molecule has 25 heavy (non-hydrogen) atoms. The predicted molar refractivity (Wildman–Crippen MR) is 95.8 cm³/mol. The average Bonchev–Trinajstić information content (AvgIpc) is 2.57. The van der Waals surface area contributed by atoms with Gasteiger partial charge in [0.25, 0.3) is 0 Å². The SMILES string of the molecule is CC(=O)C[C@H]1C(=O)N2[C@@H](C)CCC[C@H]2C2=CC[C@@H]3C[C@H](O)CC[C@H]3[C@@H]21. The molecule has 138 valence electrons. The first-order valence-corrected chi connectivity index (χ1v) is 10.2. The molecular formula is C21H31NO3. The Balaban J connectivity index is 1.73. The molecule has 3 fully saturated rings. The fraction of sp³-hybridized carbons (Fsp3) is 0.810. The van der Waals surface area contributed by atoms with Crippen LogP contribution in [0.5, 0.6) is 0 Å². The third-order valence-corrected chi connectivity index (χ3v) is 7.32. The molecule has 2 aliphatic heterocycles. The van der Waals surface area contributed by atoms with E-state index in [2.05, 4.69) is 17.9 Å². The zero-order valence-corrected chi connectivity index (χ0v) is 15.5. The van der Waals surface area contributed by atoms with E-state index in [1.54, 1.807) is 6.92 Å². The van der Waals surface area contributed by atoms with Crippen molar-refractivity contribution in [1.29, 1.82) is 0 Å². The molecule has 2 aliphatic carbocycles. The van der Waals surface area contributed by atoms with Gasteiger partial charge in [0.2, 0.25) is 5.91 Å². The maximum Gasteiger partial charge on any atom is 0.227 e. The summed E-state index contributed by atoms with van der Waals surface area (Å²) in [7, 11) is 0. The van der Waals surface area contributed by atoms with Gasteiger partial charge in [0, 0.05) is 12.5 Å². The molecule has 4 rings (SSSR count). The Bertz CT molecular complexity index is 598. The summed E-state index contributed by atoms with van der Waals surface area (Å²) in [5.74, 6) is 1.35. The standard InChI is InChI=1S/C21H31NO3/c1-12-4-3-5-19-17-8-6-14-11-15(24)7-9-16(14)20(17)18(10-13(2)23)21(25)22(12)19/h8,12,14-16,18-20,24H,3-7,9-11H2,1-2H3/t12-,14+,15+,16+,18+,19-,20-/m0/s1. The normalized spacial score (nSPS) is 43.6. The molecule has 0 aromatic heterocycles. The molecule has 1 N–H and O–H groups in total. The Kier molecular flexibility index (Phi) is 4.51. The van der Waals surface area contributed by atoms with Crippen LogP contribution in [0.3, 0.4) is 0 Å². The molecule has 1 saturated carbocycles. The van der Waals surface area contributed by atoms with Crippen molar-refractivity contribution in [3.63, 3.8) is 0 Å². The average molecular weight is 345 g/mol. The molecule has 2 saturated heterocycles. The fourth-order valence-electron chi connectivity index (χ4n) is 6.33. The van der Waals surface area contributed by atoms with E-state index in [0.717, 1.165) is 38.5 Å². The van der Waals surface area contributed by atoms with E-state index in [-0.39, 0.29) is 41.7 Å². The van der Waals surface area contributed by atoms with E-state index in [1.165, 1.54) is 12.0 Å². The van der Waals surface area contributed by atoms with E-state index in [1.807, 2.05) is 0 Å². The number of carbonyl (C=O) groups is 2. The summed E-state index contributed by atoms with van der Waals surface area (Å²) in [5, 5.41) is 10.1. The van der Waals surface area contributed by atoms with E-state index in [4.69, 9.17) is 0 Å². The summed E-state index contributed by atoms with van der Waals surface area (Å²) in [6, 6.07) is 0.547. The first-order chi connectivity index (χ1) is 12.0. The predicted octanol–water partition coefficient (Wildman–Crippen LogP) is 3.09. The van der Waals surface area contributed by atoms with E-state index < -0.39 is 0 Å². The van der Waals surface area contributed by atoms with Crippen LogP contribution in [0, 0.1) is 23.7 Å². The maximum atomic E-state index is 13.4. The number of piperidine rings is 2. The molecule has 4 aliphatic rings. The van der Waals surface area contributed by atoms with Crippen molar-refractivity contribution in [2.45, 2.75) is 83.4 Å². The van der Waals surface area contributed by atoms with Gasteiger partial charge in [-0.05, 0) is 82.1 Å². The number of amides is 1. The van der Waals surface area contributed by atoms with Gasteiger partial charge in [-0.25, -0.2) is 0 Å².